The quantitative estimate of drug-likeness (QED) is 0.606. The molecule has 0 amide bonds. The molecule has 0 aliphatic rings. The summed E-state index contributed by atoms with van der Waals surface area (Å²) >= 11 is 0. The Morgan fingerprint density at radius 2 is 2.21 bits per heavy atom. The fourth-order valence-corrected chi connectivity index (χ4v) is 1.99. The summed E-state index contributed by atoms with van der Waals surface area (Å²) in [4.78, 5) is 8.55. The molecule has 3 aromatic heterocycles. The van der Waals surface area contributed by atoms with Gasteiger partial charge >= 0.3 is 0 Å². The van der Waals surface area contributed by atoms with Gasteiger partial charge in [-0.25, -0.2) is 4.98 Å². The van der Waals surface area contributed by atoms with Gasteiger partial charge in [-0.15, -0.1) is 5.10 Å². The maximum atomic E-state index is 5.50. The third kappa shape index (κ3) is 4.22. The number of aromatic nitrogens is 5. The van der Waals surface area contributed by atoms with E-state index in [1.807, 2.05) is 26.8 Å². The van der Waals surface area contributed by atoms with Gasteiger partial charge in [-0.3, -0.25) is 5.10 Å². The van der Waals surface area contributed by atoms with Crippen LogP contribution in [-0.2, 0) is 6.54 Å². The molecule has 3 rings (SSSR count). The molecule has 9 heteroatoms. The minimum atomic E-state index is 0.0655. The second kappa shape index (κ2) is 6.99. The number of rotatable bonds is 7. The van der Waals surface area contributed by atoms with Crippen molar-refractivity contribution in [1.29, 1.82) is 0 Å². The van der Waals surface area contributed by atoms with Gasteiger partial charge in [0.05, 0.1) is 18.3 Å². The molecule has 3 N–H and O–H groups in total. The van der Waals surface area contributed by atoms with Crippen molar-refractivity contribution in [3.05, 3.63) is 35.9 Å². The van der Waals surface area contributed by atoms with Crippen LogP contribution in [0.5, 0.6) is 5.88 Å². The van der Waals surface area contributed by atoms with Crippen LogP contribution in [-0.4, -0.2) is 31.4 Å². The molecule has 0 radical (unpaired) electrons. The highest BCUT2D eigenvalue weighted by molar-refractivity contribution is 5.53. The van der Waals surface area contributed by atoms with E-state index in [0.29, 0.717) is 30.0 Å². The molecule has 0 fully saturated rings. The van der Waals surface area contributed by atoms with Crippen molar-refractivity contribution in [3.8, 4) is 5.88 Å². The predicted octanol–water partition coefficient (Wildman–Crippen LogP) is 2.64. The van der Waals surface area contributed by atoms with Gasteiger partial charge in [-0.1, -0.05) is 5.16 Å². The largest absolute Gasteiger partial charge is 0.474 e. The molecule has 0 aliphatic heterocycles. The van der Waals surface area contributed by atoms with Crippen molar-refractivity contribution < 1.29 is 9.26 Å². The second-order valence-corrected chi connectivity index (χ2v) is 5.47. The van der Waals surface area contributed by atoms with E-state index in [1.165, 1.54) is 0 Å². The lowest BCUT2D eigenvalue weighted by atomic mass is 10.4. The molecule has 0 unspecified atom stereocenters. The molecule has 24 heavy (non-hydrogen) atoms. The maximum Gasteiger partial charge on any atom is 0.234 e. The molecule has 0 bridgehead atoms. The van der Waals surface area contributed by atoms with Crippen molar-refractivity contribution in [1.82, 2.24) is 25.3 Å². The molecular weight excluding hydrogens is 310 g/mol. The Balaban J connectivity index is 1.61. The van der Waals surface area contributed by atoms with Crippen LogP contribution in [0, 0.1) is 6.92 Å². The first-order valence-electron chi connectivity index (χ1n) is 7.56. The molecule has 0 spiro atoms. The average molecular weight is 329 g/mol. The number of anilines is 3. The van der Waals surface area contributed by atoms with Crippen LogP contribution >= 0.6 is 0 Å². The standard InChI is InChI=1S/C15H19N7O2/c1-9(2)23-14-7-13(20-21-14)18-12-4-5-16-15(19-12)17-8-11-6-10(3)22-24-11/h4-7,9H,8H2,1-3H3,(H3,16,17,18,19,20,21). The zero-order valence-corrected chi connectivity index (χ0v) is 13.7. The number of H-pyrrole nitrogens is 1. The fraction of sp³-hybridized carbons (Fsp3) is 0.333. The number of nitrogens with one attached hydrogen (secondary N) is 3. The van der Waals surface area contributed by atoms with Gasteiger partial charge in [0.25, 0.3) is 0 Å². The minimum Gasteiger partial charge on any atom is -0.474 e. The summed E-state index contributed by atoms with van der Waals surface area (Å²) in [6.45, 7) is 6.22. The Hall–Kier alpha value is -3.10. The van der Waals surface area contributed by atoms with E-state index < -0.39 is 0 Å². The minimum absolute atomic E-state index is 0.0655. The third-order valence-electron chi connectivity index (χ3n) is 2.93. The van der Waals surface area contributed by atoms with Crippen LogP contribution in [0.2, 0.25) is 0 Å². The smallest absolute Gasteiger partial charge is 0.234 e. The lowest BCUT2D eigenvalue weighted by Gasteiger charge is -2.06. The molecule has 0 aliphatic carbocycles. The zero-order chi connectivity index (χ0) is 16.9. The summed E-state index contributed by atoms with van der Waals surface area (Å²) in [5.74, 6) is 3.04. The number of aryl methyl sites for hydroxylation is 1. The summed E-state index contributed by atoms with van der Waals surface area (Å²) in [6.07, 6.45) is 1.72. The van der Waals surface area contributed by atoms with Crippen LogP contribution in [0.1, 0.15) is 25.3 Å². The number of aromatic amines is 1. The SMILES string of the molecule is Cc1cc(CNc2nccc(Nc3cc(OC(C)C)n[nH]3)n2)on1. The average Bonchev–Trinajstić information content (AvgIpc) is 3.14. The lowest BCUT2D eigenvalue weighted by Crippen LogP contribution is -2.05. The monoisotopic (exact) mass is 329 g/mol. The summed E-state index contributed by atoms with van der Waals surface area (Å²) in [7, 11) is 0. The van der Waals surface area contributed by atoms with E-state index in [0.717, 1.165) is 11.5 Å². The van der Waals surface area contributed by atoms with Gasteiger partial charge in [-0.2, -0.15) is 4.98 Å². The van der Waals surface area contributed by atoms with Crippen molar-refractivity contribution in [2.45, 2.75) is 33.4 Å². The van der Waals surface area contributed by atoms with E-state index in [2.05, 4.69) is 36.0 Å². The van der Waals surface area contributed by atoms with Crippen molar-refractivity contribution in [2.75, 3.05) is 10.6 Å². The van der Waals surface area contributed by atoms with Crippen LogP contribution < -0.4 is 15.4 Å². The highest BCUT2D eigenvalue weighted by Gasteiger charge is 2.06. The molecule has 126 valence electrons. The molecule has 0 saturated carbocycles. The van der Waals surface area contributed by atoms with Crippen LogP contribution in [0.25, 0.3) is 0 Å². The Morgan fingerprint density at radius 1 is 1.33 bits per heavy atom. The van der Waals surface area contributed by atoms with Gasteiger partial charge in [0.1, 0.15) is 11.6 Å². The Labute approximate surface area is 138 Å². The number of hydrogen-bond donors (Lipinski definition) is 3. The van der Waals surface area contributed by atoms with Crippen LogP contribution in [0.15, 0.2) is 28.9 Å². The van der Waals surface area contributed by atoms with Crippen LogP contribution in [0.3, 0.4) is 0 Å². The predicted molar refractivity (Wildman–Crippen MR) is 88.2 cm³/mol. The first kappa shape index (κ1) is 15.8. The molecule has 0 aromatic carbocycles. The highest BCUT2D eigenvalue weighted by Crippen LogP contribution is 2.18. The first-order chi connectivity index (χ1) is 11.6. The van der Waals surface area contributed by atoms with Gasteiger partial charge in [0.15, 0.2) is 5.76 Å². The lowest BCUT2D eigenvalue weighted by molar-refractivity contribution is 0.232. The molecule has 0 saturated heterocycles. The zero-order valence-electron chi connectivity index (χ0n) is 13.7. The van der Waals surface area contributed by atoms with Crippen molar-refractivity contribution in [3.63, 3.8) is 0 Å². The van der Waals surface area contributed by atoms with Gasteiger partial charge in [-0.05, 0) is 26.8 Å². The Morgan fingerprint density at radius 3 is 2.96 bits per heavy atom. The van der Waals surface area contributed by atoms with Gasteiger partial charge in [0.2, 0.25) is 11.8 Å². The Bertz CT molecular complexity index is 796. The van der Waals surface area contributed by atoms with Gasteiger partial charge < -0.3 is 19.9 Å². The molecule has 0 atom stereocenters. The van der Waals surface area contributed by atoms with Crippen molar-refractivity contribution in [2.24, 2.45) is 0 Å². The summed E-state index contributed by atoms with van der Waals surface area (Å²) in [5, 5.41) is 16.9. The summed E-state index contributed by atoms with van der Waals surface area (Å²) in [6, 6.07) is 5.38. The first-order valence-corrected chi connectivity index (χ1v) is 7.56. The van der Waals surface area contributed by atoms with E-state index in [4.69, 9.17) is 9.26 Å². The Kier molecular flexibility index (Phi) is 4.59. The van der Waals surface area contributed by atoms with E-state index in [-0.39, 0.29) is 6.10 Å². The number of hydrogen-bond acceptors (Lipinski definition) is 8. The third-order valence-corrected chi connectivity index (χ3v) is 2.93. The molecule has 9 nitrogen and oxygen atoms in total. The van der Waals surface area contributed by atoms with E-state index >= 15 is 0 Å². The highest BCUT2D eigenvalue weighted by atomic mass is 16.5. The topological polar surface area (TPSA) is 114 Å². The molecule has 3 aromatic rings. The van der Waals surface area contributed by atoms with Crippen molar-refractivity contribution >= 4 is 17.6 Å². The normalized spacial score (nSPS) is 10.8. The van der Waals surface area contributed by atoms with E-state index in [9.17, 15) is 0 Å². The molecule has 3 heterocycles. The van der Waals surface area contributed by atoms with E-state index in [1.54, 1.807) is 18.3 Å². The van der Waals surface area contributed by atoms with Gasteiger partial charge in [0, 0.05) is 18.3 Å². The second-order valence-electron chi connectivity index (χ2n) is 5.47. The fourth-order valence-electron chi connectivity index (χ4n) is 1.99. The number of nitrogens with zero attached hydrogens (tertiary/aromatic N) is 4. The summed E-state index contributed by atoms with van der Waals surface area (Å²) in [5.41, 5.74) is 0.835. The molecular formula is C15H19N7O2. The summed E-state index contributed by atoms with van der Waals surface area (Å²) < 4.78 is 10.6. The maximum absolute atomic E-state index is 5.50. The number of ether oxygens (including phenoxy) is 1. The van der Waals surface area contributed by atoms with Crippen LogP contribution in [0.4, 0.5) is 17.6 Å².